The molecule has 152 valence electrons. The van der Waals surface area contributed by atoms with Gasteiger partial charge in [-0.05, 0) is 36.8 Å². The third kappa shape index (κ3) is 4.79. The van der Waals surface area contributed by atoms with E-state index in [1.807, 2.05) is 0 Å². The van der Waals surface area contributed by atoms with Crippen molar-refractivity contribution in [1.29, 1.82) is 0 Å². The second-order valence-corrected chi connectivity index (χ2v) is 7.58. The Kier molecular flexibility index (Phi) is 6.25. The molecular weight excluding hydrogens is 398 g/mol. The van der Waals surface area contributed by atoms with Crippen LogP contribution in [0.2, 0.25) is 0 Å². The second-order valence-electron chi connectivity index (χ2n) is 5.85. The van der Waals surface area contributed by atoms with Crippen molar-refractivity contribution in [2.24, 2.45) is 0 Å². The largest absolute Gasteiger partial charge is 0.495 e. The first-order chi connectivity index (χ1) is 13.9. The third-order valence-corrected chi connectivity index (χ3v) is 5.34. The monoisotopic (exact) mass is 417 g/mol. The summed E-state index contributed by atoms with van der Waals surface area (Å²) in [6.07, 6.45) is 3.17. The second kappa shape index (κ2) is 8.84. The minimum atomic E-state index is -3.91. The van der Waals surface area contributed by atoms with Crippen molar-refractivity contribution in [3.8, 4) is 17.1 Å². The number of hydrogen-bond acceptors (Lipinski definition) is 8. The molecule has 0 radical (unpaired) electrons. The lowest BCUT2D eigenvalue weighted by molar-refractivity contribution is 0.0514. The van der Waals surface area contributed by atoms with E-state index in [1.54, 1.807) is 37.5 Å². The molecule has 0 amide bonds. The molecule has 2 aromatic heterocycles. The molecule has 0 aliphatic heterocycles. The van der Waals surface area contributed by atoms with E-state index in [1.165, 1.54) is 25.3 Å². The van der Waals surface area contributed by atoms with Crippen LogP contribution in [0.3, 0.4) is 0 Å². The number of pyridine rings is 1. The molecule has 0 spiro atoms. The molecule has 3 rings (SSSR count). The highest BCUT2D eigenvalue weighted by molar-refractivity contribution is 7.89. The highest BCUT2D eigenvalue weighted by atomic mass is 32.2. The summed E-state index contributed by atoms with van der Waals surface area (Å²) in [5.74, 6) is -0.237. The van der Waals surface area contributed by atoms with Gasteiger partial charge in [-0.25, -0.2) is 17.9 Å². The Hall–Kier alpha value is -3.24. The van der Waals surface area contributed by atoms with Crippen LogP contribution in [0.1, 0.15) is 23.0 Å². The Bertz CT molecular complexity index is 1100. The van der Waals surface area contributed by atoms with Gasteiger partial charge in [0.1, 0.15) is 10.6 Å². The number of esters is 1. The lowest BCUT2D eigenvalue weighted by Gasteiger charge is -2.11. The first-order valence-electron chi connectivity index (χ1n) is 8.65. The topological polar surface area (TPSA) is 121 Å². The molecule has 0 unspecified atom stereocenters. The Morgan fingerprint density at radius 3 is 2.76 bits per heavy atom. The van der Waals surface area contributed by atoms with Gasteiger partial charge in [0.15, 0.2) is 11.5 Å². The zero-order chi connectivity index (χ0) is 20.9. The number of nitrogens with one attached hydrogen (secondary N) is 1. The van der Waals surface area contributed by atoms with E-state index in [0.717, 1.165) is 0 Å². The fraction of sp³-hybridized carbons (Fsp3) is 0.211. The number of methoxy groups -OCH3 is 1. The Balaban J connectivity index is 1.90. The molecule has 3 aromatic rings. The number of hydrogen-bond donors (Lipinski definition) is 1. The summed E-state index contributed by atoms with van der Waals surface area (Å²) >= 11 is 0. The summed E-state index contributed by atoms with van der Waals surface area (Å²) < 4.78 is 43.4. The van der Waals surface area contributed by atoms with Gasteiger partial charge < -0.3 is 14.0 Å². The highest BCUT2D eigenvalue weighted by Crippen LogP contribution is 2.30. The van der Waals surface area contributed by atoms with Gasteiger partial charge in [-0.3, -0.25) is 4.98 Å². The van der Waals surface area contributed by atoms with Crippen LogP contribution in [-0.4, -0.2) is 38.2 Å². The minimum absolute atomic E-state index is 0.00298. The summed E-state index contributed by atoms with van der Waals surface area (Å²) in [6, 6.07) is 9.36. The summed E-state index contributed by atoms with van der Waals surface area (Å²) in [5, 5.41) is 3.67. The number of aromatic nitrogens is 2. The van der Waals surface area contributed by atoms with Crippen molar-refractivity contribution in [2.45, 2.75) is 18.4 Å². The zero-order valence-corrected chi connectivity index (χ0v) is 16.6. The van der Waals surface area contributed by atoms with Crippen LogP contribution in [0.4, 0.5) is 0 Å². The molecule has 2 heterocycles. The quantitative estimate of drug-likeness (QED) is 0.555. The van der Waals surface area contributed by atoms with E-state index < -0.39 is 16.0 Å². The molecule has 1 N–H and O–H groups in total. The number of rotatable bonds is 8. The maximum Gasteiger partial charge on any atom is 0.360 e. The maximum atomic E-state index is 12.8. The van der Waals surface area contributed by atoms with Crippen LogP contribution in [-0.2, 0) is 21.3 Å². The molecule has 0 aliphatic rings. The van der Waals surface area contributed by atoms with Gasteiger partial charge in [0.25, 0.3) is 0 Å². The number of ether oxygens (including phenoxy) is 2. The third-order valence-electron chi connectivity index (χ3n) is 3.92. The van der Waals surface area contributed by atoms with Crippen LogP contribution >= 0.6 is 0 Å². The Morgan fingerprint density at radius 1 is 1.24 bits per heavy atom. The summed E-state index contributed by atoms with van der Waals surface area (Å²) in [4.78, 5) is 15.6. The first-order valence-corrected chi connectivity index (χ1v) is 10.1. The number of carbonyl (C=O) groups is 1. The number of carbonyl (C=O) groups excluding carboxylic acids is 1. The van der Waals surface area contributed by atoms with Gasteiger partial charge in [0.05, 0.1) is 13.7 Å². The van der Waals surface area contributed by atoms with E-state index in [9.17, 15) is 13.2 Å². The van der Waals surface area contributed by atoms with Crippen LogP contribution in [0.25, 0.3) is 11.3 Å². The van der Waals surface area contributed by atoms with Gasteiger partial charge in [-0.1, -0.05) is 11.2 Å². The van der Waals surface area contributed by atoms with Gasteiger partial charge in [0.2, 0.25) is 10.0 Å². The van der Waals surface area contributed by atoms with E-state index in [0.29, 0.717) is 11.1 Å². The van der Waals surface area contributed by atoms with Crippen molar-refractivity contribution in [3.05, 3.63) is 60.0 Å². The molecule has 0 bridgehead atoms. The summed E-state index contributed by atoms with van der Waals surface area (Å²) in [5.41, 5.74) is 1.12. The van der Waals surface area contributed by atoms with E-state index in [2.05, 4.69) is 14.9 Å². The maximum absolute atomic E-state index is 12.8. The van der Waals surface area contributed by atoms with Crippen LogP contribution < -0.4 is 9.46 Å². The van der Waals surface area contributed by atoms with Crippen molar-refractivity contribution in [1.82, 2.24) is 14.9 Å². The molecule has 0 saturated heterocycles. The fourth-order valence-corrected chi connectivity index (χ4v) is 3.72. The molecule has 0 fully saturated rings. The Morgan fingerprint density at radius 2 is 2.07 bits per heavy atom. The molecule has 9 nitrogen and oxygen atoms in total. The summed E-state index contributed by atoms with van der Waals surface area (Å²) in [6.45, 7) is 1.95. The standard InChI is InChI=1S/C19H19N3O6S/c1-3-27-19(23)15-10-17(28-22-15)14-6-7-16(26-2)18(9-14)29(24,25)21-12-13-5-4-8-20-11-13/h4-11,21H,3,12H2,1-2H3. The molecule has 29 heavy (non-hydrogen) atoms. The van der Waals surface area contributed by atoms with E-state index >= 15 is 0 Å². The normalized spacial score (nSPS) is 11.2. The SMILES string of the molecule is CCOC(=O)c1cc(-c2ccc(OC)c(S(=O)(=O)NCc3cccnc3)c2)on1. The number of benzene rings is 1. The predicted molar refractivity (Wildman–Crippen MR) is 103 cm³/mol. The molecular formula is C19H19N3O6S. The van der Waals surface area contributed by atoms with Crippen LogP contribution in [0.15, 0.2) is 58.2 Å². The van der Waals surface area contributed by atoms with Crippen LogP contribution in [0, 0.1) is 0 Å². The van der Waals surface area contributed by atoms with Gasteiger partial charge in [-0.15, -0.1) is 0 Å². The summed E-state index contributed by atoms with van der Waals surface area (Å²) in [7, 11) is -2.53. The smallest absolute Gasteiger partial charge is 0.360 e. The number of sulfonamides is 1. The number of nitrogens with zero attached hydrogens (tertiary/aromatic N) is 2. The molecule has 1 aromatic carbocycles. The van der Waals surface area contributed by atoms with Gasteiger partial charge >= 0.3 is 5.97 Å². The van der Waals surface area contributed by atoms with Crippen molar-refractivity contribution >= 4 is 16.0 Å². The van der Waals surface area contributed by atoms with E-state index in [4.69, 9.17) is 14.0 Å². The average molecular weight is 417 g/mol. The Labute approximate surface area is 167 Å². The molecule has 0 saturated carbocycles. The highest BCUT2D eigenvalue weighted by Gasteiger charge is 2.22. The zero-order valence-electron chi connectivity index (χ0n) is 15.8. The van der Waals surface area contributed by atoms with Crippen molar-refractivity contribution < 1.29 is 27.2 Å². The molecule has 0 aliphatic carbocycles. The minimum Gasteiger partial charge on any atom is -0.495 e. The first kappa shape index (κ1) is 20.5. The molecule has 10 heteroatoms. The predicted octanol–water partition coefficient (Wildman–Crippen LogP) is 2.40. The molecule has 0 atom stereocenters. The van der Waals surface area contributed by atoms with Crippen molar-refractivity contribution in [3.63, 3.8) is 0 Å². The average Bonchev–Trinajstić information content (AvgIpc) is 3.23. The van der Waals surface area contributed by atoms with Gasteiger partial charge in [-0.2, -0.15) is 0 Å². The van der Waals surface area contributed by atoms with E-state index in [-0.39, 0.29) is 35.3 Å². The lowest BCUT2D eigenvalue weighted by Crippen LogP contribution is -2.23. The lowest BCUT2D eigenvalue weighted by atomic mass is 10.1. The van der Waals surface area contributed by atoms with Gasteiger partial charge in [0, 0.05) is 30.6 Å². The fourth-order valence-electron chi connectivity index (χ4n) is 2.51. The van der Waals surface area contributed by atoms with Crippen molar-refractivity contribution in [2.75, 3.05) is 13.7 Å². The van der Waals surface area contributed by atoms with Crippen LogP contribution in [0.5, 0.6) is 5.75 Å².